The van der Waals surface area contributed by atoms with Crippen molar-refractivity contribution in [3.8, 4) is 0 Å². The summed E-state index contributed by atoms with van der Waals surface area (Å²) in [6.45, 7) is 6.30. The largest absolute Gasteiger partial charge is 0.338 e. The van der Waals surface area contributed by atoms with E-state index in [0.29, 0.717) is 11.6 Å². The number of aromatic nitrogens is 1. The predicted molar refractivity (Wildman–Crippen MR) is 182 cm³/mol. The van der Waals surface area contributed by atoms with E-state index in [1.54, 1.807) is 48.5 Å². The van der Waals surface area contributed by atoms with E-state index in [0.717, 1.165) is 44.4 Å². The van der Waals surface area contributed by atoms with Crippen LogP contribution in [0, 0.1) is 13.8 Å². The fourth-order valence-corrected chi connectivity index (χ4v) is 10.3. The summed E-state index contributed by atoms with van der Waals surface area (Å²) in [7, 11) is -8.11. The maximum atomic E-state index is 14.6. The lowest BCUT2D eigenvalue weighted by Crippen LogP contribution is -2.56. The Balaban J connectivity index is 1.52. The van der Waals surface area contributed by atoms with Gasteiger partial charge >= 0.3 is 0 Å². The maximum Gasteiger partial charge on any atom is 0.244 e. The second-order valence-electron chi connectivity index (χ2n) is 12.4. The Labute approximate surface area is 275 Å². The normalized spacial score (nSPS) is 19.1. The summed E-state index contributed by atoms with van der Waals surface area (Å²) in [6.07, 6.45) is 1.95. The van der Waals surface area contributed by atoms with Gasteiger partial charge in [-0.3, -0.25) is 0 Å². The Hall–Kier alpha value is -3.73. The zero-order valence-electron chi connectivity index (χ0n) is 25.8. The molecule has 1 aromatic heterocycles. The van der Waals surface area contributed by atoms with Crippen LogP contribution in [-0.4, -0.2) is 43.1 Å². The van der Waals surface area contributed by atoms with Crippen LogP contribution >= 0.6 is 11.6 Å². The van der Waals surface area contributed by atoms with Crippen molar-refractivity contribution in [2.75, 3.05) is 13.1 Å². The quantitative estimate of drug-likeness (QED) is 0.182. The van der Waals surface area contributed by atoms with Crippen molar-refractivity contribution in [3.05, 3.63) is 142 Å². The van der Waals surface area contributed by atoms with Crippen molar-refractivity contribution in [3.63, 3.8) is 0 Å². The second-order valence-corrected chi connectivity index (χ2v) is 16.6. The summed E-state index contributed by atoms with van der Waals surface area (Å²) in [5.74, 6) is 0. The molecule has 4 aromatic carbocycles. The van der Waals surface area contributed by atoms with Crippen molar-refractivity contribution >= 4 is 42.6 Å². The molecule has 46 heavy (non-hydrogen) atoms. The second kappa shape index (κ2) is 11.2. The molecule has 7 rings (SSSR count). The average Bonchev–Trinajstić information content (AvgIpc) is 3.52. The fourth-order valence-electron chi connectivity index (χ4n) is 6.92. The number of sulfonamides is 2. The summed E-state index contributed by atoms with van der Waals surface area (Å²) in [5.41, 5.74) is 4.79. The lowest BCUT2D eigenvalue weighted by Gasteiger charge is -2.44. The number of aryl methyl sites for hydroxylation is 2. The summed E-state index contributed by atoms with van der Waals surface area (Å²) in [4.78, 5) is 0.328. The SMILES string of the molecule is CC1=CC2(CN(S(=O)(=O)c3ccc(C)cc3)Cc3c2c2ccc(Cl)cc2n3Cc2ccccc2)N(S(=O)(=O)c2ccc(C)cc2)C1. The molecule has 1 atom stereocenters. The smallest absolute Gasteiger partial charge is 0.244 e. The summed E-state index contributed by atoms with van der Waals surface area (Å²) in [5, 5.41) is 1.38. The third kappa shape index (κ3) is 5.02. The van der Waals surface area contributed by atoms with Crippen LogP contribution in [-0.2, 0) is 38.7 Å². The van der Waals surface area contributed by atoms with Gasteiger partial charge in [0.15, 0.2) is 0 Å². The van der Waals surface area contributed by atoms with Gasteiger partial charge in [-0.1, -0.05) is 95.0 Å². The van der Waals surface area contributed by atoms with E-state index in [4.69, 9.17) is 11.6 Å². The highest BCUT2D eigenvalue weighted by Crippen LogP contribution is 2.50. The van der Waals surface area contributed by atoms with Crippen molar-refractivity contribution in [1.82, 2.24) is 13.2 Å². The van der Waals surface area contributed by atoms with E-state index in [9.17, 15) is 16.8 Å². The summed E-state index contributed by atoms with van der Waals surface area (Å²) < 4.78 is 63.2. The van der Waals surface area contributed by atoms with Gasteiger partial charge in [-0.25, -0.2) is 16.8 Å². The van der Waals surface area contributed by atoms with Crippen molar-refractivity contribution in [2.45, 2.75) is 49.2 Å². The highest BCUT2D eigenvalue weighted by Gasteiger charge is 2.55. The van der Waals surface area contributed by atoms with Crippen LogP contribution in [0.25, 0.3) is 10.9 Å². The minimum absolute atomic E-state index is 0.0672. The topological polar surface area (TPSA) is 79.7 Å². The molecule has 3 heterocycles. The van der Waals surface area contributed by atoms with Crippen LogP contribution in [0.1, 0.15) is 34.9 Å². The number of benzene rings is 4. The van der Waals surface area contributed by atoms with E-state index < -0.39 is 25.6 Å². The van der Waals surface area contributed by atoms with Crippen molar-refractivity contribution < 1.29 is 16.8 Å². The molecule has 5 aromatic rings. The number of halogens is 1. The van der Waals surface area contributed by atoms with E-state index >= 15 is 0 Å². The van der Waals surface area contributed by atoms with Gasteiger partial charge in [-0.2, -0.15) is 8.61 Å². The van der Waals surface area contributed by atoms with Gasteiger partial charge < -0.3 is 4.57 Å². The zero-order valence-corrected chi connectivity index (χ0v) is 28.2. The molecule has 0 saturated carbocycles. The van der Waals surface area contributed by atoms with E-state index in [1.807, 2.05) is 75.4 Å². The minimum Gasteiger partial charge on any atom is -0.338 e. The first-order valence-corrected chi connectivity index (χ1v) is 18.4. The standard InChI is InChI=1S/C36H34ClN3O4S2/c1-25-9-14-30(15-10-25)45(41,42)38-23-34-35(32-18-13-29(37)19-33(32)39(34)22-28-7-5-4-6-8-28)36(24-38)20-27(3)21-40(36)46(43,44)31-16-11-26(2)12-17-31/h4-20H,21-24H2,1-3H3. The first-order chi connectivity index (χ1) is 21.9. The van der Waals surface area contributed by atoms with Crippen LogP contribution in [0.3, 0.4) is 0 Å². The minimum atomic E-state index is -4.08. The third-order valence-corrected chi connectivity index (χ3v) is 13.0. The van der Waals surface area contributed by atoms with Gasteiger partial charge in [-0.05, 0) is 62.7 Å². The van der Waals surface area contributed by atoms with Gasteiger partial charge in [0.05, 0.1) is 27.4 Å². The zero-order chi connectivity index (χ0) is 32.4. The Morgan fingerprint density at radius 1 is 0.739 bits per heavy atom. The highest BCUT2D eigenvalue weighted by molar-refractivity contribution is 7.89. The Morgan fingerprint density at radius 3 is 1.98 bits per heavy atom. The molecule has 2 aliphatic rings. The molecular weight excluding hydrogens is 638 g/mol. The van der Waals surface area contributed by atoms with Gasteiger partial charge in [0.1, 0.15) is 0 Å². The average molecular weight is 672 g/mol. The molecule has 236 valence electrons. The van der Waals surface area contributed by atoms with Crippen LogP contribution in [0.2, 0.25) is 5.02 Å². The molecule has 1 spiro atoms. The molecule has 0 saturated heterocycles. The van der Waals surface area contributed by atoms with Gasteiger partial charge in [0, 0.05) is 41.3 Å². The Morgan fingerprint density at radius 2 is 1.35 bits per heavy atom. The van der Waals surface area contributed by atoms with Crippen LogP contribution < -0.4 is 0 Å². The molecule has 7 nitrogen and oxygen atoms in total. The molecule has 0 amide bonds. The molecule has 1 unspecified atom stereocenters. The summed E-state index contributed by atoms with van der Waals surface area (Å²) >= 11 is 6.58. The van der Waals surface area contributed by atoms with Gasteiger partial charge in [-0.15, -0.1) is 0 Å². The lowest BCUT2D eigenvalue weighted by molar-refractivity contribution is 0.198. The Kier molecular flexibility index (Phi) is 7.53. The Bertz CT molecular complexity index is 2230. The lowest BCUT2D eigenvalue weighted by atomic mass is 9.85. The highest BCUT2D eigenvalue weighted by atomic mass is 35.5. The number of hydrogen-bond acceptors (Lipinski definition) is 4. The molecular formula is C36H34ClN3O4S2. The monoisotopic (exact) mass is 671 g/mol. The van der Waals surface area contributed by atoms with Crippen LogP contribution in [0.5, 0.6) is 0 Å². The number of hydrogen-bond donors (Lipinski definition) is 0. The van der Waals surface area contributed by atoms with E-state index in [1.165, 1.54) is 8.61 Å². The molecule has 0 N–H and O–H groups in total. The maximum absolute atomic E-state index is 14.6. The predicted octanol–water partition coefficient (Wildman–Crippen LogP) is 7.01. The van der Waals surface area contributed by atoms with Crippen molar-refractivity contribution in [1.29, 1.82) is 0 Å². The van der Waals surface area contributed by atoms with Gasteiger partial charge in [0.25, 0.3) is 0 Å². The molecule has 2 aliphatic heterocycles. The fraction of sp³-hybridized carbons (Fsp3) is 0.222. The first-order valence-electron chi connectivity index (χ1n) is 15.1. The summed E-state index contributed by atoms with van der Waals surface area (Å²) in [6, 6.07) is 29.1. The molecule has 0 fully saturated rings. The van der Waals surface area contributed by atoms with Crippen LogP contribution in [0.4, 0.5) is 0 Å². The number of nitrogens with zero attached hydrogens (tertiary/aromatic N) is 3. The van der Waals surface area contributed by atoms with Crippen molar-refractivity contribution in [2.24, 2.45) is 0 Å². The molecule has 0 aliphatic carbocycles. The van der Waals surface area contributed by atoms with E-state index in [2.05, 4.69) is 4.57 Å². The molecule has 0 radical (unpaired) electrons. The number of fused-ring (bicyclic) bond motifs is 4. The third-order valence-electron chi connectivity index (χ3n) is 9.09. The van der Waals surface area contributed by atoms with Crippen LogP contribution in [0.15, 0.2) is 119 Å². The number of rotatable bonds is 6. The van der Waals surface area contributed by atoms with Gasteiger partial charge in [0.2, 0.25) is 20.0 Å². The first kappa shape index (κ1) is 30.9. The van der Waals surface area contributed by atoms with E-state index in [-0.39, 0.29) is 29.4 Å². The molecule has 0 bridgehead atoms. The molecule has 10 heteroatoms.